The van der Waals surface area contributed by atoms with Crippen molar-refractivity contribution in [2.24, 2.45) is 28.2 Å². The smallest absolute Gasteiger partial charge is 0.299 e. The largest absolute Gasteiger partial charge is 0.452 e. The van der Waals surface area contributed by atoms with E-state index in [4.69, 9.17) is 35.3 Å². The van der Waals surface area contributed by atoms with E-state index in [-0.39, 0.29) is 0 Å². The Balaban J connectivity index is 0.0000000991. The van der Waals surface area contributed by atoms with E-state index in [1.54, 1.807) is 0 Å². The lowest BCUT2D eigenvalue weighted by Gasteiger charge is -2.08. The van der Waals surface area contributed by atoms with Gasteiger partial charge in [-0.2, -0.15) is 0 Å². The highest BCUT2D eigenvalue weighted by Gasteiger charge is 2.29. The molecule has 22 aromatic rings. The van der Waals surface area contributed by atoms with Crippen LogP contribution >= 0.6 is 0 Å². The van der Waals surface area contributed by atoms with E-state index >= 15 is 0 Å². The SMILES string of the molecule is Cc1cc2c(cc1-c1cc(-c3ccccc3)cc[n+]1C)oc1oc3ccccc3c12.Cc1cc[n+](C)c(-c2c(C)ccc3c2oc2c4ccccc4oc32)c1.Cc1ccc2c(oc3c4ccccc4oc23)c1-c1cc(-c2ccccc2)cc[n+]1C.Cc1ccc2c(oc3c4ccccc4oc23)c1-c1cccc[n+]1C. The number of hydrogen-bond acceptors (Lipinski definition) is 8. The molecule has 0 fully saturated rings. The summed E-state index contributed by atoms with van der Waals surface area (Å²) in [6, 6.07) is 89.4. The molecule has 0 aliphatic heterocycles. The van der Waals surface area contributed by atoms with Gasteiger partial charge < -0.3 is 35.3 Å². The lowest BCUT2D eigenvalue weighted by atomic mass is 9.98. The Bertz CT molecular complexity index is 7360. The summed E-state index contributed by atoms with van der Waals surface area (Å²) in [4.78, 5) is 0. The Morgan fingerprint density at radius 2 is 0.596 bits per heavy atom. The van der Waals surface area contributed by atoms with Gasteiger partial charge in [-0.15, -0.1) is 0 Å². The van der Waals surface area contributed by atoms with E-state index < -0.39 is 0 Å². The first-order valence-electron chi connectivity index (χ1n) is 36.6. The molecule has 0 saturated heterocycles. The first-order valence-corrected chi connectivity index (χ1v) is 36.6. The summed E-state index contributed by atoms with van der Waals surface area (Å²) in [5, 5.41) is 9.34. The lowest BCUT2D eigenvalue weighted by molar-refractivity contribution is -0.660. The molecular formula is C97H74N4O8+4. The Morgan fingerprint density at radius 1 is 0.220 bits per heavy atom. The number of fused-ring (bicyclic) bond motifs is 20. The van der Waals surface area contributed by atoms with Crippen molar-refractivity contribution in [1.82, 2.24) is 0 Å². The monoisotopic (exact) mass is 1420 g/mol. The number of para-hydroxylation sites is 4. The van der Waals surface area contributed by atoms with Gasteiger partial charge in [0, 0.05) is 59.3 Å². The van der Waals surface area contributed by atoms with Crippen LogP contribution in [-0.4, -0.2) is 0 Å². The minimum Gasteiger partial charge on any atom is -0.452 e. The van der Waals surface area contributed by atoms with Crippen LogP contribution in [0.3, 0.4) is 0 Å². The molecule has 109 heavy (non-hydrogen) atoms. The summed E-state index contributed by atoms with van der Waals surface area (Å²) in [5.74, 6) is 0.588. The number of nitrogens with zero attached hydrogens (tertiary/aromatic N) is 4. The van der Waals surface area contributed by atoms with Crippen LogP contribution in [0.15, 0.2) is 321 Å². The Labute approximate surface area is 626 Å². The molecule has 0 saturated carbocycles. The number of pyridine rings is 4. The molecule has 0 atom stereocenters. The van der Waals surface area contributed by atoms with E-state index in [0.29, 0.717) is 5.78 Å². The van der Waals surface area contributed by atoms with Crippen LogP contribution in [0.5, 0.6) is 0 Å². The van der Waals surface area contributed by atoms with Gasteiger partial charge in [-0.1, -0.05) is 133 Å². The average Bonchev–Trinajstić information content (AvgIpc) is 1.54. The van der Waals surface area contributed by atoms with Gasteiger partial charge in [0.1, 0.15) is 56.1 Å². The molecule has 22 rings (SSSR count). The highest BCUT2D eigenvalue weighted by atomic mass is 16.5. The van der Waals surface area contributed by atoms with Crippen LogP contribution < -0.4 is 18.3 Å². The fraction of sp³-hybridized carbons (Fsp3) is 0.0928. The Hall–Kier alpha value is -13.8. The fourth-order valence-electron chi connectivity index (χ4n) is 15.7. The highest BCUT2D eigenvalue weighted by Crippen LogP contribution is 2.46. The van der Waals surface area contributed by atoms with Crippen LogP contribution in [0.4, 0.5) is 0 Å². The molecule has 0 radical (unpaired) electrons. The summed E-state index contributed by atoms with van der Waals surface area (Å²) in [6.45, 7) is 10.6. The number of benzene rings is 10. The van der Waals surface area contributed by atoms with E-state index in [1.807, 2.05) is 109 Å². The van der Waals surface area contributed by atoms with Crippen LogP contribution in [0.1, 0.15) is 27.8 Å². The molecule has 12 aromatic heterocycles. The summed E-state index contributed by atoms with van der Waals surface area (Å²) in [6.07, 6.45) is 8.36. The van der Waals surface area contributed by atoms with E-state index in [2.05, 4.69) is 258 Å². The zero-order valence-corrected chi connectivity index (χ0v) is 61.7. The molecule has 12 nitrogen and oxygen atoms in total. The van der Waals surface area contributed by atoms with Gasteiger partial charge >= 0.3 is 0 Å². The first kappa shape index (κ1) is 65.9. The van der Waals surface area contributed by atoms with E-state index in [9.17, 15) is 0 Å². The van der Waals surface area contributed by atoms with Crippen molar-refractivity contribution in [2.75, 3.05) is 0 Å². The quantitative estimate of drug-likeness (QED) is 0.151. The summed E-state index contributed by atoms with van der Waals surface area (Å²) in [5.41, 5.74) is 31.6. The standard InChI is InChI=1S/2C27H20NO2.C22H18NO2.C21H16NO2/c1-17-14-22-25(30-27-26(22)20-10-6-7-11-24(20)29-27)16-21(17)23-15-19(12-13-28(23)2)18-8-4-3-5-9-18;1-17-12-13-21-25(30-26-20-10-6-7-11-23(20)29-27(21)26)24(17)22-16-19(14-15-28(22)2)18-8-4-3-5-9-18;1-13-10-11-23(3)17(12-13)19-14(2)8-9-16-20(19)25-21-15-6-4-5-7-18(15)24-22(16)21;1-13-10-11-15-19(18(13)16-8-5-6-12-22(16)2)24-20-14-7-3-4-9-17(14)23-21(15)20/h2*3-16H,1-2H3;4-12H,1-3H3;3-12H,1-2H3/q4*+1. The summed E-state index contributed by atoms with van der Waals surface area (Å²) in [7, 11) is 8.27. The van der Waals surface area contributed by atoms with Crippen molar-refractivity contribution in [1.29, 1.82) is 0 Å². The van der Waals surface area contributed by atoms with Crippen molar-refractivity contribution < 1.29 is 53.6 Å². The molecular weight excluding hydrogens is 1350 g/mol. The molecule has 0 spiro atoms. The maximum Gasteiger partial charge on any atom is 0.299 e. The molecule has 0 bridgehead atoms. The molecule has 0 unspecified atom stereocenters. The zero-order chi connectivity index (χ0) is 73.9. The van der Waals surface area contributed by atoms with Crippen LogP contribution in [-0.2, 0) is 28.2 Å². The van der Waals surface area contributed by atoms with Crippen LogP contribution in [0.2, 0.25) is 0 Å². The van der Waals surface area contributed by atoms with Crippen LogP contribution in [0, 0.1) is 34.6 Å². The molecule has 526 valence electrons. The van der Waals surface area contributed by atoms with Crippen LogP contribution in [0.25, 0.3) is 200 Å². The van der Waals surface area contributed by atoms with Gasteiger partial charge in [0.2, 0.25) is 22.8 Å². The maximum absolute atomic E-state index is 6.47. The molecule has 12 heterocycles. The third-order valence-electron chi connectivity index (χ3n) is 21.4. The van der Waals surface area contributed by atoms with E-state index in [1.165, 1.54) is 50.1 Å². The maximum atomic E-state index is 6.47. The number of furan rings is 8. The average molecular weight is 1420 g/mol. The highest BCUT2D eigenvalue weighted by molar-refractivity contribution is 6.20. The first-order chi connectivity index (χ1) is 53.3. The normalized spacial score (nSPS) is 11.7. The molecule has 12 heteroatoms. The Morgan fingerprint density at radius 3 is 1.08 bits per heavy atom. The van der Waals surface area contributed by atoms with E-state index in [0.717, 1.165) is 172 Å². The molecule has 0 aliphatic rings. The van der Waals surface area contributed by atoms with Gasteiger partial charge in [0.05, 0.1) is 60.0 Å². The Kier molecular flexibility index (Phi) is 15.9. The second-order valence-corrected chi connectivity index (χ2v) is 28.5. The topological polar surface area (TPSA) is 121 Å². The predicted octanol–water partition coefficient (Wildman–Crippen LogP) is 24.2. The lowest BCUT2D eigenvalue weighted by Crippen LogP contribution is -2.30. The molecule has 0 aliphatic carbocycles. The third-order valence-corrected chi connectivity index (χ3v) is 21.4. The number of rotatable bonds is 6. The predicted molar refractivity (Wildman–Crippen MR) is 435 cm³/mol. The van der Waals surface area contributed by atoms with Crippen molar-refractivity contribution >= 4 is 132 Å². The van der Waals surface area contributed by atoms with Crippen molar-refractivity contribution in [3.05, 3.63) is 313 Å². The number of aromatic nitrogens is 4. The number of hydrogen-bond donors (Lipinski definition) is 0. The molecule has 0 amide bonds. The van der Waals surface area contributed by atoms with Gasteiger partial charge in [0.15, 0.2) is 75.0 Å². The molecule has 0 N–H and O–H groups in total. The summed E-state index contributed by atoms with van der Waals surface area (Å²) < 4.78 is 58.1. The number of aryl methyl sites for hydroxylation is 9. The minimum atomic E-state index is 0.588. The molecule has 10 aromatic carbocycles. The van der Waals surface area contributed by atoms with Gasteiger partial charge in [-0.25, -0.2) is 18.3 Å². The van der Waals surface area contributed by atoms with Crippen molar-refractivity contribution in [2.45, 2.75) is 34.6 Å². The second-order valence-electron chi connectivity index (χ2n) is 28.5. The van der Waals surface area contributed by atoms with Crippen molar-refractivity contribution in [3.8, 4) is 67.3 Å². The zero-order valence-electron chi connectivity index (χ0n) is 61.7. The fourth-order valence-corrected chi connectivity index (χ4v) is 15.7. The third kappa shape index (κ3) is 11.2. The second kappa shape index (κ2) is 26.3. The minimum absolute atomic E-state index is 0.588. The van der Waals surface area contributed by atoms with Gasteiger partial charge in [-0.3, -0.25) is 0 Å². The summed E-state index contributed by atoms with van der Waals surface area (Å²) >= 11 is 0. The van der Waals surface area contributed by atoms with Gasteiger partial charge in [0.25, 0.3) is 5.78 Å². The van der Waals surface area contributed by atoms with Crippen molar-refractivity contribution in [3.63, 3.8) is 0 Å². The van der Waals surface area contributed by atoms with Gasteiger partial charge in [-0.05, 0) is 164 Å².